The third-order valence-electron chi connectivity index (χ3n) is 2.59. The van der Waals surface area contributed by atoms with Crippen molar-refractivity contribution in [2.45, 2.75) is 39.8 Å². The van der Waals surface area contributed by atoms with E-state index in [2.05, 4.69) is 15.5 Å². The van der Waals surface area contributed by atoms with E-state index in [9.17, 15) is 4.79 Å². The summed E-state index contributed by atoms with van der Waals surface area (Å²) in [5, 5.41) is 9.41. The fourth-order valence-electron chi connectivity index (χ4n) is 1.28. The number of hydrogen-bond donors (Lipinski definition) is 3. The molecule has 0 aliphatic carbocycles. The Labute approximate surface area is 95.8 Å². The number of amides is 1. The van der Waals surface area contributed by atoms with Gasteiger partial charge in [0.15, 0.2) is 0 Å². The lowest BCUT2D eigenvalue weighted by atomic mass is 9.87. The molecule has 0 fully saturated rings. The van der Waals surface area contributed by atoms with Crippen molar-refractivity contribution in [3.63, 3.8) is 0 Å². The molecule has 1 rings (SSSR count). The largest absolute Gasteiger partial charge is 0.348 e. The van der Waals surface area contributed by atoms with Gasteiger partial charge in [-0.1, -0.05) is 20.8 Å². The molecule has 1 amide bonds. The Morgan fingerprint density at radius 1 is 1.56 bits per heavy atom. The van der Waals surface area contributed by atoms with Crippen LogP contribution in [0.15, 0.2) is 12.4 Å². The maximum absolute atomic E-state index is 11.8. The number of nitrogens with two attached hydrogens (primary N) is 1. The predicted octanol–water partition coefficient (Wildman–Crippen LogP) is 0.960. The molecule has 4 N–H and O–H groups in total. The van der Waals surface area contributed by atoms with E-state index >= 15 is 0 Å². The summed E-state index contributed by atoms with van der Waals surface area (Å²) >= 11 is 0. The van der Waals surface area contributed by atoms with E-state index in [0.717, 1.165) is 5.56 Å². The van der Waals surface area contributed by atoms with Crippen LogP contribution < -0.4 is 11.1 Å². The zero-order valence-electron chi connectivity index (χ0n) is 10.2. The highest BCUT2D eigenvalue weighted by Gasteiger charge is 2.28. The Bertz CT molecular complexity index is 339. The molecule has 5 nitrogen and oxygen atoms in total. The molecule has 1 aromatic heterocycles. The normalized spacial score (nSPS) is 15.6. The van der Waals surface area contributed by atoms with Crippen LogP contribution in [0.25, 0.3) is 0 Å². The Balaban J connectivity index is 2.59. The fraction of sp³-hybridized carbons (Fsp3) is 0.636. The summed E-state index contributed by atoms with van der Waals surface area (Å²) < 4.78 is 0. The number of carbonyl (C=O) groups excluding carboxylic acids is 1. The van der Waals surface area contributed by atoms with Gasteiger partial charge >= 0.3 is 0 Å². The number of nitrogens with one attached hydrogen (secondary N) is 2. The van der Waals surface area contributed by atoms with E-state index in [1.165, 1.54) is 0 Å². The van der Waals surface area contributed by atoms with Crippen molar-refractivity contribution in [2.75, 3.05) is 0 Å². The summed E-state index contributed by atoms with van der Waals surface area (Å²) in [7, 11) is 0. The second-order valence-electron chi connectivity index (χ2n) is 5.11. The van der Waals surface area contributed by atoms with Gasteiger partial charge in [-0.2, -0.15) is 5.10 Å². The number of carbonyl (C=O) groups is 1. The summed E-state index contributed by atoms with van der Waals surface area (Å²) in [5.41, 5.74) is 6.56. The maximum atomic E-state index is 11.8. The molecule has 1 aromatic rings. The second kappa shape index (κ2) is 4.65. The molecule has 1 heterocycles. The van der Waals surface area contributed by atoms with Crippen LogP contribution in [0, 0.1) is 5.41 Å². The van der Waals surface area contributed by atoms with Gasteiger partial charge < -0.3 is 11.1 Å². The maximum Gasteiger partial charge on any atom is 0.237 e. The highest BCUT2D eigenvalue weighted by Crippen LogP contribution is 2.18. The fourth-order valence-corrected chi connectivity index (χ4v) is 1.28. The molecule has 0 spiro atoms. The standard InChI is InChI=1S/C11H20N4O/c1-7(8-5-13-14-6-8)15-10(16)9(12)11(2,3)4/h5-7,9H,12H2,1-4H3,(H,13,14)(H,15,16). The molecule has 0 bridgehead atoms. The quantitative estimate of drug-likeness (QED) is 0.715. The lowest BCUT2D eigenvalue weighted by Crippen LogP contribution is -2.49. The van der Waals surface area contributed by atoms with Crippen molar-refractivity contribution in [1.82, 2.24) is 15.5 Å². The molecule has 5 heteroatoms. The van der Waals surface area contributed by atoms with Crippen LogP contribution in [0.1, 0.15) is 39.3 Å². The van der Waals surface area contributed by atoms with Gasteiger partial charge in [0.25, 0.3) is 0 Å². The first-order chi connectivity index (χ1) is 7.32. The molecule has 0 saturated carbocycles. The lowest BCUT2D eigenvalue weighted by Gasteiger charge is -2.27. The molecule has 0 aromatic carbocycles. The zero-order chi connectivity index (χ0) is 12.3. The van der Waals surface area contributed by atoms with Crippen LogP contribution in [0.2, 0.25) is 0 Å². The Morgan fingerprint density at radius 3 is 2.62 bits per heavy atom. The van der Waals surface area contributed by atoms with E-state index in [1.54, 1.807) is 12.4 Å². The summed E-state index contributed by atoms with van der Waals surface area (Å²) in [5.74, 6) is -0.138. The topological polar surface area (TPSA) is 83.8 Å². The third-order valence-corrected chi connectivity index (χ3v) is 2.59. The number of nitrogens with zero attached hydrogens (tertiary/aromatic N) is 1. The van der Waals surface area contributed by atoms with E-state index in [4.69, 9.17) is 5.73 Å². The summed E-state index contributed by atoms with van der Waals surface area (Å²) in [6.07, 6.45) is 3.45. The van der Waals surface area contributed by atoms with Gasteiger partial charge in [-0.15, -0.1) is 0 Å². The highest BCUT2D eigenvalue weighted by molar-refractivity contribution is 5.82. The monoisotopic (exact) mass is 224 g/mol. The van der Waals surface area contributed by atoms with Crippen LogP contribution in [0.3, 0.4) is 0 Å². The first-order valence-electron chi connectivity index (χ1n) is 5.37. The number of H-pyrrole nitrogens is 1. The average Bonchev–Trinajstić information content (AvgIpc) is 2.67. The van der Waals surface area contributed by atoms with Crippen LogP contribution in [0.4, 0.5) is 0 Å². The Morgan fingerprint density at radius 2 is 2.19 bits per heavy atom. The molecule has 0 aliphatic heterocycles. The number of rotatable bonds is 3. The van der Waals surface area contributed by atoms with E-state index < -0.39 is 6.04 Å². The van der Waals surface area contributed by atoms with Crippen molar-refractivity contribution >= 4 is 5.91 Å². The smallest absolute Gasteiger partial charge is 0.237 e. The molecular weight excluding hydrogens is 204 g/mol. The van der Waals surface area contributed by atoms with E-state index in [1.807, 2.05) is 27.7 Å². The molecule has 2 unspecified atom stereocenters. The molecule has 0 radical (unpaired) electrons. The third kappa shape index (κ3) is 3.06. The average molecular weight is 224 g/mol. The summed E-state index contributed by atoms with van der Waals surface area (Å²) in [6, 6.07) is -0.596. The molecule has 2 atom stereocenters. The van der Waals surface area contributed by atoms with Gasteiger partial charge in [-0.05, 0) is 12.3 Å². The van der Waals surface area contributed by atoms with Crippen molar-refractivity contribution in [3.05, 3.63) is 18.0 Å². The highest BCUT2D eigenvalue weighted by atomic mass is 16.2. The van der Waals surface area contributed by atoms with Crippen molar-refractivity contribution < 1.29 is 4.79 Å². The van der Waals surface area contributed by atoms with E-state index in [-0.39, 0.29) is 17.4 Å². The van der Waals surface area contributed by atoms with E-state index in [0.29, 0.717) is 0 Å². The number of hydrogen-bond acceptors (Lipinski definition) is 3. The first kappa shape index (κ1) is 12.7. The summed E-state index contributed by atoms with van der Waals surface area (Å²) in [4.78, 5) is 11.8. The van der Waals surface area contributed by atoms with Crippen molar-refractivity contribution in [3.8, 4) is 0 Å². The minimum atomic E-state index is -0.512. The molecular formula is C11H20N4O. The van der Waals surface area contributed by atoms with Crippen LogP contribution >= 0.6 is 0 Å². The SMILES string of the molecule is CC(NC(=O)C(N)C(C)(C)C)c1cn[nH]c1. The van der Waals surface area contributed by atoms with Crippen molar-refractivity contribution in [2.24, 2.45) is 11.1 Å². The molecule has 0 saturated heterocycles. The van der Waals surface area contributed by atoms with Crippen LogP contribution in [-0.2, 0) is 4.79 Å². The number of aromatic nitrogens is 2. The minimum absolute atomic E-state index is 0.0837. The summed E-state index contributed by atoms with van der Waals surface area (Å²) in [6.45, 7) is 7.73. The molecule has 90 valence electrons. The minimum Gasteiger partial charge on any atom is -0.348 e. The molecule has 0 aliphatic rings. The van der Waals surface area contributed by atoms with Gasteiger partial charge in [0.05, 0.1) is 18.3 Å². The zero-order valence-corrected chi connectivity index (χ0v) is 10.2. The number of aromatic amines is 1. The van der Waals surface area contributed by atoms with Gasteiger partial charge in [0.1, 0.15) is 0 Å². The first-order valence-corrected chi connectivity index (χ1v) is 5.37. The lowest BCUT2D eigenvalue weighted by molar-refractivity contribution is -0.125. The molecule has 16 heavy (non-hydrogen) atoms. The van der Waals surface area contributed by atoms with Crippen LogP contribution in [-0.4, -0.2) is 22.1 Å². The van der Waals surface area contributed by atoms with Gasteiger partial charge in [0, 0.05) is 11.8 Å². The van der Waals surface area contributed by atoms with Gasteiger partial charge in [-0.3, -0.25) is 9.89 Å². The predicted molar refractivity (Wildman–Crippen MR) is 62.6 cm³/mol. The van der Waals surface area contributed by atoms with Crippen LogP contribution in [0.5, 0.6) is 0 Å². The van der Waals surface area contributed by atoms with Gasteiger partial charge in [0.2, 0.25) is 5.91 Å². The van der Waals surface area contributed by atoms with Gasteiger partial charge in [-0.25, -0.2) is 0 Å². The Hall–Kier alpha value is -1.36. The second-order valence-corrected chi connectivity index (χ2v) is 5.11. The van der Waals surface area contributed by atoms with Crippen molar-refractivity contribution in [1.29, 1.82) is 0 Å². The Kier molecular flexibility index (Phi) is 3.70.